The number of nitrogens with zero attached hydrogens (tertiary/aromatic N) is 2. The molecule has 0 aliphatic carbocycles. The van der Waals surface area contributed by atoms with Crippen molar-refractivity contribution < 1.29 is 0 Å². The molecule has 1 fully saturated rings. The SMILES string of the molecule is CCN1CC(c2ccccc2)NC1=NCc1ccc2ccccc2c1.I. The van der Waals surface area contributed by atoms with E-state index in [-0.39, 0.29) is 24.0 Å². The largest absolute Gasteiger partial charge is 0.348 e. The molecule has 0 spiro atoms. The molecule has 0 radical (unpaired) electrons. The van der Waals surface area contributed by atoms with Gasteiger partial charge in [-0.15, -0.1) is 24.0 Å². The van der Waals surface area contributed by atoms with E-state index >= 15 is 0 Å². The summed E-state index contributed by atoms with van der Waals surface area (Å²) in [6.07, 6.45) is 0. The highest BCUT2D eigenvalue weighted by Crippen LogP contribution is 2.21. The van der Waals surface area contributed by atoms with Crippen LogP contribution in [0, 0.1) is 0 Å². The lowest BCUT2D eigenvalue weighted by molar-refractivity contribution is 0.455. The molecule has 1 heterocycles. The third kappa shape index (κ3) is 4.01. The van der Waals surface area contributed by atoms with Crippen molar-refractivity contribution in [2.75, 3.05) is 13.1 Å². The van der Waals surface area contributed by atoms with Crippen LogP contribution in [-0.4, -0.2) is 23.9 Å². The van der Waals surface area contributed by atoms with Gasteiger partial charge in [-0.1, -0.05) is 66.7 Å². The fourth-order valence-corrected chi connectivity index (χ4v) is 3.40. The van der Waals surface area contributed by atoms with Crippen LogP contribution in [-0.2, 0) is 6.54 Å². The second-order valence-electron chi connectivity index (χ2n) is 6.47. The van der Waals surface area contributed by atoms with Gasteiger partial charge in [-0.05, 0) is 34.9 Å². The Bertz CT molecular complexity index is 892. The van der Waals surface area contributed by atoms with Crippen molar-refractivity contribution in [3.63, 3.8) is 0 Å². The standard InChI is InChI=1S/C22H23N3.HI/c1-2-25-16-21(19-9-4-3-5-10-19)24-22(25)23-15-17-12-13-18-8-6-7-11-20(18)14-17;/h3-14,21H,2,15-16H2,1H3,(H,23,24);1H. The Morgan fingerprint density at radius 2 is 1.69 bits per heavy atom. The minimum Gasteiger partial charge on any atom is -0.348 e. The average molecular weight is 457 g/mol. The lowest BCUT2D eigenvalue weighted by Gasteiger charge is -2.14. The Morgan fingerprint density at radius 1 is 0.962 bits per heavy atom. The molecular formula is C22H24IN3. The normalized spacial score (nSPS) is 18.0. The fraction of sp³-hybridized carbons (Fsp3) is 0.227. The van der Waals surface area contributed by atoms with Crippen LogP contribution in [0.4, 0.5) is 0 Å². The zero-order valence-corrected chi connectivity index (χ0v) is 17.3. The summed E-state index contributed by atoms with van der Waals surface area (Å²) >= 11 is 0. The van der Waals surface area contributed by atoms with Gasteiger partial charge in [0.25, 0.3) is 0 Å². The number of guanidine groups is 1. The second kappa shape index (κ2) is 8.54. The van der Waals surface area contributed by atoms with Crippen molar-refractivity contribution in [2.24, 2.45) is 4.99 Å². The number of nitrogens with one attached hydrogen (secondary N) is 1. The molecule has 3 nitrogen and oxygen atoms in total. The Hall–Kier alpha value is -2.08. The maximum Gasteiger partial charge on any atom is 0.194 e. The lowest BCUT2D eigenvalue weighted by Crippen LogP contribution is -2.30. The van der Waals surface area contributed by atoms with Crippen LogP contribution in [0.25, 0.3) is 10.8 Å². The van der Waals surface area contributed by atoms with E-state index < -0.39 is 0 Å². The monoisotopic (exact) mass is 457 g/mol. The summed E-state index contributed by atoms with van der Waals surface area (Å²) < 4.78 is 0. The molecule has 3 aromatic carbocycles. The van der Waals surface area contributed by atoms with Gasteiger partial charge < -0.3 is 10.2 Å². The molecule has 134 valence electrons. The quantitative estimate of drug-likeness (QED) is 0.560. The molecule has 0 saturated carbocycles. The minimum atomic E-state index is 0. The highest BCUT2D eigenvalue weighted by molar-refractivity contribution is 14.0. The van der Waals surface area contributed by atoms with Gasteiger partial charge >= 0.3 is 0 Å². The number of benzene rings is 3. The van der Waals surface area contributed by atoms with Crippen LogP contribution in [0.1, 0.15) is 24.1 Å². The van der Waals surface area contributed by atoms with Gasteiger partial charge in [-0.3, -0.25) is 0 Å². The van der Waals surface area contributed by atoms with Crippen LogP contribution in [0.2, 0.25) is 0 Å². The summed E-state index contributed by atoms with van der Waals surface area (Å²) in [5.41, 5.74) is 2.56. The van der Waals surface area contributed by atoms with Crippen LogP contribution in [0.3, 0.4) is 0 Å². The number of hydrogen-bond acceptors (Lipinski definition) is 1. The van der Waals surface area contributed by atoms with Gasteiger partial charge in [-0.2, -0.15) is 0 Å². The van der Waals surface area contributed by atoms with Crippen molar-refractivity contribution in [3.05, 3.63) is 83.9 Å². The summed E-state index contributed by atoms with van der Waals surface area (Å²) in [5, 5.41) is 6.14. The molecule has 3 aromatic rings. The maximum atomic E-state index is 4.86. The number of aliphatic imine (C=N–C) groups is 1. The molecule has 1 saturated heterocycles. The molecule has 0 amide bonds. The third-order valence-electron chi connectivity index (χ3n) is 4.81. The molecule has 0 bridgehead atoms. The van der Waals surface area contributed by atoms with E-state index in [1.165, 1.54) is 21.9 Å². The highest BCUT2D eigenvalue weighted by atomic mass is 127. The number of likely N-dealkylation sites (N-methyl/N-ethyl adjacent to an activating group) is 1. The number of fused-ring (bicyclic) bond motifs is 1. The Labute approximate surface area is 172 Å². The van der Waals surface area contributed by atoms with E-state index in [9.17, 15) is 0 Å². The molecule has 1 unspecified atom stereocenters. The zero-order valence-electron chi connectivity index (χ0n) is 14.9. The third-order valence-corrected chi connectivity index (χ3v) is 4.81. The molecule has 1 N–H and O–H groups in total. The Kier molecular flexibility index (Phi) is 6.14. The van der Waals surface area contributed by atoms with E-state index in [1.807, 2.05) is 0 Å². The van der Waals surface area contributed by atoms with E-state index in [2.05, 4.69) is 89.9 Å². The Balaban J connectivity index is 0.00000196. The smallest absolute Gasteiger partial charge is 0.194 e. The molecule has 1 atom stereocenters. The highest BCUT2D eigenvalue weighted by Gasteiger charge is 2.26. The topological polar surface area (TPSA) is 27.6 Å². The van der Waals surface area contributed by atoms with E-state index in [0.29, 0.717) is 12.6 Å². The minimum absolute atomic E-state index is 0. The molecule has 1 aliphatic heterocycles. The van der Waals surface area contributed by atoms with Crippen molar-refractivity contribution in [1.29, 1.82) is 0 Å². The maximum absolute atomic E-state index is 4.86. The van der Waals surface area contributed by atoms with Gasteiger partial charge in [0, 0.05) is 13.1 Å². The molecule has 1 aliphatic rings. The number of halogens is 1. The van der Waals surface area contributed by atoms with Crippen molar-refractivity contribution >= 4 is 40.7 Å². The van der Waals surface area contributed by atoms with Crippen LogP contribution in [0.5, 0.6) is 0 Å². The summed E-state index contributed by atoms with van der Waals surface area (Å²) in [7, 11) is 0. The van der Waals surface area contributed by atoms with E-state index in [4.69, 9.17) is 4.99 Å². The van der Waals surface area contributed by atoms with Gasteiger partial charge in [0.2, 0.25) is 0 Å². The zero-order chi connectivity index (χ0) is 17.1. The van der Waals surface area contributed by atoms with Crippen molar-refractivity contribution in [1.82, 2.24) is 10.2 Å². The van der Waals surface area contributed by atoms with Gasteiger partial charge in [0.1, 0.15) is 0 Å². The fourth-order valence-electron chi connectivity index (χ4n) is 3.40. The average Bonchev–Trinajstić information content (AvgIpc) is 3.10. The van der Waals surface area contributed by atoms with Gasteiger partial charge in [0.15, 0.2) is 5.96 Å². The van der Waals surface area contributed by atoms with Crippen molar-refractivity contribution in [3.8, 4) is 0 Å². The first-order valence-electron chi connectivity index (χ1n) is 8.92. The van der Waals surface area contributed by atoms with E-state index in [0.717, 1.165) is 19.0 Å². The van der Waals surface area contributed by atoms with Crippen LogP contribution < -0.4 is 5.32 Å². The predicted molar refractivity (Wildman–Crippen MR) is 120 cm³/mol. The summed E-state index contributed by atoms with van der Waals surface area (Å²) in [5.74, 6) is 1.00. The molecular weight excluding hydrogens is 433 g/mol. The lowest BCUT2D eigenvalue weighted by atomic mass is 10.1. The molecule has 4 rings (SSSR count). The predicted octanol–water partition coefficient (Wildman–Crippen LogP) is 4.98. The van der Waals surface area contributed by atoms with Gasteiger partial charge in [-0.25, -0.2) is 4.99 Å². The molecule has 0 aromatic heterocycles. The first kappa shape index (κ1) is 18.7. The number of rotatable bonds is 4. The molecule has 26 heavy (non-hydrogen) atoms. The first-order valence-corrected chi connectivity index (χ1v) is 8.92. The molecule has 4 heteroatoms. The van der Waals surface area contributed by atoms with Gasteiger partial charge in [0.05, 0.1) is 12.6 Å². The summed E-state index contributed by atoms with van der Waals surface area (Å²) in [6, 6.07) is 26.0. The second-order valence-corrected chi connectivity index (χ2v) is 6.47. The van der Waals surface area contributed by atoms with Crippen LogP contribution >= 0.6 is 24.0 Å². The summed E-state index contributed by atoms with van der Waals surface area (Å²) in [6.45, 7) is 4.82. The summed E-state index contributed by atoms with van der Waals surface area (Å²) in [4.78, 5) is 7.18. The Morgan fingerprint density at radius 3 is 2.46 bits per heavy atom. The van der Waals surface area contributed by atoms with E-state index in [1.54, 1.807) is 0 Å². The van der Waals surface area contributed by atoms with Crippen LogP contribution in [0.15, 0.2) is 77.8 Å². The first-order chi connectivity index (χ1) is 12.3. The number of hydrogen-bond donors (Lipinski definition) is 1. The van der Waals surface area contributed by atoms with Crippen molar-refractivity contribution in [2.45, 2.75) is 19.5 Å².